The zero-order valence-corrected chi connectivity index (χ0v) is 9.53. The summed E-state index contributed by atoms with van der Waals surface area (Å²) in [6.45, 7) is 0. The molecular formula is C11H16N2OS. The Morgan fingerprint density at radius 2 is 2.07 bits per heavy atom. The molecule has 4 heteroatoms. The first kappa shape index (κ1) is 10.6. The first-order valence-corrected chi connectivity index (χ1v) is 5.97. The first-order chi connectivity index (χ1) is 7.25. The largest absolute Gasteiger partial charge is 0.338 e. The van der Waals surface area contributed by atoms with Gasteiger partial charge in [-0.15, -0.1) is 0 Å². The van der Waals surface area contributed by atoms with E-state index in [1.165, 1.54) is 32.1 Å². The summed E-state index contributed by atoms with van der Waals surface area (Å²) < 4.78 is 0.410. The molecule has 3 nitrogen and oxygen atoms in total. The second kappa shape index (κ2) is 4.75. The van der Waals surface area contributed by atoms with E-state index in [1.807, 2.05) is 0 Å². The molecule has 1 heterocycles. The highest BCUT2D eigenvalue weighted by Gasteiger charge is 2.15. The minimum atomic E-state index is -0.0238. The molecule has 1 aromatic rings. The fourth-order valence-electron chi connectivity index (χ4n) is 2.29. The smallest absolute Gasteiger partial charge is 0.254 e. The zero-order valence-electron chi connectivity index (χ0n) is 8.71. The number of nitrogens with one attached hydrogen (secondary N) is 2. The van der Waals surface area contributed by atoms with Crippen molar-refractivity contribution < 1.29 is 0 Å². The van der Waals surface area contributed by atoms with Crippen LogP contribution < -0.4 is 5.56 Å². The van der Waals surface area contributed by atoms with E-state index < -0.39 is 0 Å². The molecule has 1 saturated carbocycles. The molecule has 1 aliphatic rings. The molecule has 2 N–H and O–H groups in total. The minimum absolute atomic E-state index is 0.0238. The van der Waals surface area contributed by atoms with Crippen LogP contribution in [-0.2, 0) is 6.42 Å². The van der Waals surface area contributed by atoms with Crippen LogP contribution in [0.1, 0.15) is 37.7 Å². The molecule has 0 aromatic carbocycles. The third kappa shape index (κ3) is 2.78. The van der Waals surface area contributed by atoms with Crippen LogP contribution in [0.5, 0.6) is 0 Å². The second-order valence-corrected chi connectivity index (χ2v) is 4.71. The Morgan fingerprint density at radius 1 is 1.33 bits per heavy atom. The van der Waals surface area contributed by atoms with Crippen LogP contribution in [0.4, 0.5) is 0 Å². The van der Waals surface area contributed by atoms with Gasteiger partial charge in [0.15, 0.2) is 4.77 Å². The van der Waals surface area contributed by atoms with Gasteiger partial charge >= 0.3 is 0 Å². The predicted octanol–water partition coefficient (Wildman–Crippen LogP) is 2.56. The third-order valence-corrected chi connectivity index (χ3v) is 3.35. The second-order valence-electron chi connectivity index (χ2n) is 4.31. The lowest BCUT2D eigenvalue weighted by molar-refractivity contribution is 0.355. The molecule has 2 rings (SSSR count). The molecule has 1 fully saturated rings. The van der Waals surface area contributed by atoms with Crippen molar-refractivity contribution in [1.82, 2.24) is 9.97 Å². The topological polar surface area (TPSA) is 48.6 Å². The van der Waals surface area contributed by atoms with Gasteiger partial charge in [0.1, 0.15) is 0 Å². The van der Waals surface area contributed by atoms with Crippen LogP contribution >= 0.6 is 12.2 Å². The van der Waals surface area contributed by atoms with Gasteiger partial charge in [-0.3, -0.25) is 9.78 Å². The maximum absolute atomic E-state index is 11.6. The molecule has 82 valence electrons. The molecule has 0 atom stereocenters. The van der Waals surface area contributed by atoms with Gasteiger partial charge in [-0.2, -0.15) is 0 Å². The minimum Gasteiger partial charge on any atom is -0.338 e. The summed E-state index contributed by atoms with van der Waals surface area (Å²) >= 11 is 4.85. The highest BCUT2D eigenvalue weighted by Crippen LogP contribution is 2.25. The van der Waals surface area contributed by atoms with Gasteiger partial charge in [-0.25, -0.2) is 0 Å². The molecule has 0 aliphatic heterocycles. The molecule has 0 saturated heterocycles. The first-order valence-electron chi connectivity index (χ1n) is 5.56. The molecular weight excluding hydrogens is 208 g/mol. The van der Waals surface area contributed by atoms with Crippen molar-refractivity contribution >= 4 is 12.2 Å². The van der Waals surface area contributed by atoms with E-state index in [0.717, 1.165) is 12.0 Å². The molecule has 0 bridgehead atoms. The molecule has 0 radical (unpaired) electrons. The van der Waals surface area contributed by atoms with Crippen molar-refractivity contribution in [1.29, 1.82) is 0 Å². The van der Waals surface area contributed by atoms with E-state index in [9.17, 15) is 4.79 Å². The summed E-state index contributed by atoms with van der Waals surface area (Å²) in [6, 6.07) is 0. The summed E-state index contributed by atoms with van der Waals surface area (Å²) in [5.41, 5.74) is 0.819. The van der Waals surface area contributed by atoms with E-state index in [-0.39, 0.29) is 5.56 Å². The highest BCUT2D eigenvalue weighted by atomic mass is 32.1. The molecule has 0 spiro atoms. The average Bonchev–Trinajstić information content (AvgIpc) is 2.24. The standard InChI is InChI=1S/C11H16N2OS/c14-10-9(7-12-11(15)13-10)6-8-4-2-1-3-5-8/h7-8H,1-6H2,(H2,12,13,14,15). The summed E-state index contributed by atoms with van der Waals surface area (Å²) in [6.07, 6.45) is 9.14. The van der Waals surface area contributed by atoms with Crippen LogP contribution in [0, 0.1) is 10.7 Å². The Morgan fingerprint density at radius 3 is 2.73 bits per heavy atom. The average molecular weight is 224 g/mol. The van der Waals surface area contributed by atoms with Gasteiger partial charge in [0.25, 0.3) is 5.56 Å². The van der Waals surface area contributed by atoms with Crippen molar-refractivity contribution in [2.24, 2.45) is 5.92 Å². The van der Waals surface area contributed by atoms with Gasteiger partial charge in [-0.05, 0) is 24.6 Å². The Balaban J connectivity index is 2.09. The van der Waals surface area contributed by atoms with Crippen LogP contribution in [0.3, 0.4) is 0 Å². The summed E-state index contributed by atoms with van der Waals surface area (Å²) in [4.78, 5) is 17.1. The van der Waals surface area contributed by atoms with E-state index >= 15 is 0 Å². The van der Waals surface area contributed by atoms with Crippen molar-refractivity contribution in [2.75, 3.05) is 0 Å². The van der Waals surface area contributed by atoms with Crippen molar-refractivity contribution in [3.8, 4) is 0 Å². The van der Waals surface area contributed by atoms with Crippen LogP contribution in [0.2, 0.25) is 0 Å². The molecule has 1 aromatic heterocycles. The van der Waals surface area contributed by atoms with Crippen LogP contribution in [-0.4, -0.2) is 9.97 Å². The SMILES string of the molecule is O=c1[nH]c(=S)[nH]cc1CC1CCCCC1. The maximum atomic E-state index is 11.6. The number of rotatable bonds is 2. The number of hydrogen-bond acceptors (Lipinski definition) is 2. The fourth-order valence-corrected chi connectivity index (χ4v) is 2.44. The van der Waals surface area contributed by atoms with E-state index in [1.54, 1.807) is 6.20 Å². The highest BCUT2D eigenvalue weighted by molar-refractivity contribution is 7.71. The van der Waals surface area contributed by atoms with Gasteiger partial charge in [-0.1, -0.05) is 32.1 Å². The van der Waals surface area contributed by atoms with Gasteiger partial charge in [0, 0.05) is 11.8 Å². The van der Waals surface area contributed by atoms with Crippen molar-refractivity contribution in [3.05, 3.63) is 26.9 Å². The van der Waals surface area contributed by atoms with Gasteiger partial charge in [0.05, 0.1) is 0 Å². The van der Waals surface area contributed by atoms with Crippen molar-refractivity contribution in [2.45, 2.75) is 38.5 Å². The van der Waals surface area contributed by atoms with E-state index in [2.05, 4.69) is 9.97 Å². The summed E-state index contributed by atoms with van der Waals surface area (Å²) in [5, 5.41) is 0. The van der Waals surface area contributed by atoms with Crippen LogP contribution in [0.25, 0.3) is 0 Å². The Hall–Kier alpha value is -0.900. The fraction of sp³-hybridized carbons (Fsp3) is 0.636. The molecule has 1 aliphatic carbocycles. The zero-order chi connectivity index (χ0) is 10.7. The van der Waals surface area contributed by atoms with Gasteiger partial charge < -0.3 is 4.98 Å². The Kier molecular flexibility index (Phi) is 3.36. The molecule has 15 heavy (non-hydrogen) atoms. The Labute approximate surface area is 93.9 Å². The van der Waals surface area contributed by atoms with Gasteiger partial charge in [0.2, 0.25) is 0 Å². The number of aromatic nitrogens is 2. The lowest BCUT2D eigenvalue weighted by Crippen LogP contribution is -2.18. The normalized spacial score (nSPS) is 17.9. The quantitative estimate of drug-likeness (QED) is 0.758. The monoisotopic (exact) mass is 224 g/mol. The summed E-state index contributed by atoms with van der Waals surface area (Å²) in [5.74, 6) is 0.684. The Bertz CT molecular complexity index is 429. The number of hydrogen-bond donors (Lipinski definition) is 2. The summed E-state index contributed by atoms with van der Waals surface area (Å²) in [7, 11) is 0. The molecule has 0 amide bonds. The number of aromatic amines is 2. The van der Waals surface area contributed by atoms with E-state index in [0.29, 0.717) is 10.7 Å². The third-order valence-electron chi connectivity index (χ3n) is 3.13. The maximum Gasteiger partial charge on any atom is 0.254 e. The lowest BCUT2D eigenvalue weighted by atomic mass is 9.85. The van der Waals surface area contributed by atoms with Crippen molar-refractivity contribution in [3.63, 3.8) is 0 Å². The predicted molar refractivity (Wildman–Crippen MR) is 62.5 cm³/mol. The lowest BCUT2D eigenvalue weighted by Gasteiger charge is -2.20. The molecule has 0 unspecified atom stereocenters. The van der Waals surface area contributed by atoms with Crippen LogP contribution in [0.15, 0.2) is 11.0 Å². The van der Waals surface area contributed by atoms with E-state index in [4.69, 9.17) is 12.2 Å². The number of H-pyrrole nitrogens is 2.